The SMILES string of the molecule is CCOC(=O)C(O)Cc1cccnc1N. The molecule has 0 amide bonds. The number of nitrogens with two attached hydrogens (primary N) is 1. The van der Waals surface area contributed by atoms with E-state index in [4.69, 9.17) is 5.73 Å². The highest BCUT2D eigenvalue weighted by Crippen LogP contribution is 2.10. The van der Waals surface area contributed by atoms with Gasteiger partial charge in [-0.05, 0) is 18.6 Å². The van der Waals surface area contributed by atoms with Crippen LogP contribution in [-0.2, 0) is 16.0 Å². The van der Waals surface area contributed by atoms with Crippen LogP contribution >= 0.6 is 0 Å². The summed E-state index contributed by atoms with van der Waals surface area (Å²) in [5.74, 6) is -0.318. The number of aliphatic hydroxyl groups excluding tert-OH is 1. The zero-order chi connectivity index (χ0) is 11.3. The number of carbonyl (C=O) groups excluding carboxylic acids is 1. The van der Waals surface area contributed by atoms with Gasteiger partial charge in [-0.15, -0.1) is 0 Å². The molecule has 0 aliphatic heterocycles. The van der Waals surface area contributed by atoms with Crippen molar-refractivity contribution in [2.45, 2.75) is 19.4 Å². The predicted molar refractivity (Wildman–Crippen MR) is 55.0 cm³/mol. The number of aromatic nitrogens is 1. The third kappa shape index (κ3) is 3.21. The van der Waals surface area contributed by atoms with Crippen LogP contribution in [0.15, 0.2) is 18.3 Å². The van der Waals surface area contributed by atoms with Crippen LogP contribution in [0.3, 0.4) is 0 Å². The Morgan fingerprint density at radius 2 is 2.47 bits per heavy atom. The number of nitrogens with zero attached hydrogens (tertiary/aromatic N) is 1. The number of esters is 1. The van der Waals surface area contributed by atoms with Crippen LogP contribution < -0.4 is 5.73 Å². The van der Waals surface area contributed by atoms with E-state index in [1.807, 2.05) is 0 Å². The number of nitrogen functional groups attached to an aromatic ring is 1. The van der Waals surface area contributed by atoms with E-state index in [9.17, 15) is 9.90 Å². The molecule has 1 aromatic heterocycles. The van der Waals surface area contributed by atoms with Gasteiger partial charge in [-0.2, -0.15) is 0 Å². The monoisotopic (exact) mass is 210 g/mol. The summed E-state index contributed by atoms with van der Waals surface area (Å²) in [5, 5.41) is 9.47. The number of hydrogen-bond acceptors (Lipinski definition) is 5. The van der Waals surface area contributed by atoms with Crippen LogP contribution in [0.5, 0.6) is 0 Å². The zero-order valence-corrected chi connectivity index (χ0v) is 8.51. The molecule has 1 atom stereocenters. The highest BCUT2D eigenvalue weighted by molar-refractivity contribution is 5.75. The normalized spacial score (nSPS) is 12.1. The number of rotatable bonds is 4. The minimum absolute atomic E-state index is 0.124. The number of anilines is 1. The topological polar surface area (TPSA) is 85.4 Å². The highest BCUT2D eigenvalue weighted by Gasteiger charge is 2.17. The van der Waals surface area contributed by atoms with Gasteiger partial charge in [0.15, 0.2) is 6.10 Å². The van der Waals surface area contributed by atoms with Crippen molar-refractivity contribution in [1.82, 2.24) is 4.98 Å². The van der Waals surface area contributed by atoms with Gasteiger partial charge in [0.25, 0.3) is 0 Å². The number of carbonyl (C=O) groups is 1. The number of ether oxygens (including phenoxy) is 1. The Labute approximate surface area is 87.9 Å². The summed E-state index contributed by atoms with van der Waals surface area (Å²) in [6.45, 7) is 1.93. The van der Waals surface area contributed by atoms with Gasteiger partial charge >= 0.3 is 5.97 Å². The first-order valence-electron chi connectivity index (χ1n) is 4.69. The molecule has 0 aliphatic rings. The minimum Gasteiger partial charge on any atom is -0.464 e. The molecule has 5 heteroatoms. The Morgan fingerprint density at radius 3 is 3.07 bits per heavy atom. The van der Waals surface area contributed by atoms with Crippen LogP contribution in [0.25, 0.3) is 0 Å². The Bertz CT molecular complexity index is 341. The molecular weight excluding hydrogens is 196 g/mol. The van der Waals surface area contributed by atoms with Gasteiger partial charge in [-0.25, -0.2) is 9.78 Å². The van der Waals surface area contributed by atoms with Gasteiger partial charge in [-0.3, -0.25) is 0 Å². The highest BCUT2D eigenvalue weighted by atomic mass is 16.5. The van der Waals surface area contributed by atoms with Crippen molar-refractivity contribution in [3.63, 3.8) is 0 Å². The summed E-state index contributed by atoms with van der Waals surface area (Å²) < 4.78 is 4.67. The molecule has 82 valence electrons. The quantitative estimate of drug-likeness (QED) is 0.690. The Morgan fingerprint density at radius 1 is 1.73 bits per heavy atom. The van der Waals surface area contributed by atoms with Gasteiger partial charge in [0.05, 0.1) is 6.61 Å². The average Bonchev–Trinajstić information content (AvgIpc) is 2.21. The zero-order valence-electron chi connectivity index (χ0n) is 8.51. The average molecular weight is 210 g/mol. The maximum atomic E-state index is 11.1. The third-order valence-electron chi connectivity index (χ3n) is 1.90. The van der Waals surface area contributed by atoms with Crippen molar-refractivity contribution in [2.75, 3.05) is 12.3 Å². The lowest BCUT2D eigenvalue weighted by Gasteiger charge is -2.10. The summed E-state index contributed by atoms with van der Waals surface area (Å²) in [6.07, 6.45) is 0.491. The molecule has 0 saturated carbocycles. The van der Waals surface area contributed by atoms with E-state index in [0.29, 0.717) is 11.4 Å². The molecule has 1 heterocycles. The first-order chi connectivity index (χ1) is 7.15. The summed E-state index contributed by atoms with van der Waals surface area (Å²) in [6, 6.07) is 3.41. The molecule has 1 rings (SSSR count). The van der Waals surface area contributed by atoms with E-state index in [1.54, 1.807) is 25.3 Å². The van der Waals surface area contributed by atoms with Crippen LogP contribution in [0.4, 0.5) is 5.82 Å². The molecule has 3 N–H and O–H groups in total. The minimum atomic E-state index is -1.18. The summed E-state index contributed by atoms with van der Waals surface area (Å²) in [7, 11) is 0. The fourth-order valence-corrected chi connectivity index (χ4v) is 1.15. The molecule has 5 nitrogen and oxygen atoms in total. The lowest BCUT2D eigenvalue weighted by Crippen LogP contribution is -2.25. The van der Waals surface area contributed by atoms with Crippen LogP contribution in [-0.4, -0.2) is 28.8 Å². The second kappa shape index (κ2) is 5.31. The van der Waals surface area contributed by atoms with E-state index < -0.39 is 12.1 Å². The van der Waals surface area contributed by atoms with E-state index in [-0.39, 0.29) is 13.0 Å². The molecule has 0 aromatic carbocycles. The first kappa shape index (κ1) is 11.5. The molecule has 0 fully saturated rings. The van der Waals surface area contributed by atoms with Gasteiger partial charge in [-0.1, -0.05) is 6.07 Å². The van der Waals surface area contributed by atoms with E-state index in [1.165, 1.54) is 0 Å². The molecule has 0 saturated heterocycles. The standard InChI is InChI=1S/C10H14N2O3/c1-2-15-10(14)8(13)6-7-4-3-5-12-9(7)11/h3-5,8,13H,2,6H2,1H3,(H2,11,12). The lowest BCUT2D eigenvalue weighted by molar-refractivity contribution is -0.152. The second-order valence-corrected chi connectivity index (χ2v) is 3.02. The Hall–Kier alpha value is -1.62. The molecule has 1 unspecified atom stereocenters. The van der Waals surface area contributed by atoms with Crippen molar-refractivity contribution in [3.05, 3.63) is 23.9 Å². The number of aliphatic hydroxyl groups is 1. The first-order valence-corrected chi connectivity index (χ1v) is 4.69. The molecule has 0 spiro atoms. The maximum absolute atomic E-state index is 11.1. The summed E-state index contributed by atoms with van der Waals surface area (Å²) >= 11 is 0. The fourth-order valence-electron chi connectivity index (χ4n) is 1.15. The smallest absolute Gasteiger partial charge is 0.335 e. The van der Waals surface area contributed by atoms with Crippen LogP contribution in [0.2, 0.25) is 0 Å². The Balaban J connectivity index is 2.62. The van der Waals surface area contributed by atoms with E-state index in [2.05, 4.69) is 9.72 Å². The van der Waals surface area contributed by atoms with Crippen LogP contribution in [0.1, 0.15) is 12.5 Å². The molecule has 1 aromatic rings. The van der Waals surface area contributed by atoms with Crippen molar-refractivity contribution in [1.29, 1.82) is 0 Å². The Kier molecular flexibility index (Phi) is 4.05. The van der Waals surface area contributed by atoms with Crippen molar-refractivity contribution in [3.8, 4) is 0 Å². The molecular formula is C10H14N2O3. The largest absolute Gasteiger partial charge is 0.464 e. The van der Waals surface area contributed by atoms with Gasteiger partial charge in [0.2, 0.25) is 0 Å². The summed E-state index contributed by atoms with van der Waals surface area (Å²) in [4.78, 5) is 15.0. The van der Waals surface area contributed by atoms with E-state index in [0.717, 1.165) is 0 Å². The van der Waals surface area contributed by atoms with Gasteiger partial charge in [0.1, 0.15) is 5.82 Å². The number of pyridine rings is 1. The number of hydrogen-bond donors (Lipinski definition) is 2. The van der Waals surface area contributed by atoms with Gasteiger partial charge < -0.3 is 15.6 Å². The van der Waals surface area contributed by atoms with E-state index >= 15 is 0 Å². The third-order valence-corrected chi connectivity index (χ3v) is 1.90. The van der Waals surface area contributed by atoms with Crippen molar-refractivity contribution < 1.29 is 14.6 Å². The molecule has 0 aliphatic carbocycles. The van der Waals surface area contributed by atoms with Crippen molar-refractivity contribution in [2.24, 2.45) is 0 Å². The van der Waals surface area contributed by atoms with Crippen molar-refractivity contribution >= 4 is 11.8 Å². The van der Waals surface area contributed by atoms with Crippen LogP contribution in [0, 0.1) is 0 Å². The second-order valence-electron chi connectivity index (χ2n) is 3.02. The predicted octanol–water partition coefficient (Wildman–Crippen LogP) is 0.130. The lowest BCUT2D eigenvalue weighted by atomic mass is 10.1. The molecule has 0 radical (unpaired) electrons. The molecule has 15 heavy (non-hydrogen) atoms. The summed E-state index contributed by atoms with van der Waals surface area (Å²) in [5.41, 5.74) is 6.21. The maximum Gasteiger partial charge on any atom is 0.335 e. The fraction of sp³-hybridized carbons (Fsp3) is 0.400. The van der Waals surface area contributed by atoms with Gasteiger partial charge in [0, 0.05) is 12.6 Å². The molecule has 0 bridgehead atoms.